The van der Waals surface area contributed by atoms with E-state index in [0.717, 1.165) is 45.8 Å². The summed E-state index contributed by atoms with van der Waals surface area (Å²) < 4.78 is 7.57. The van der Waals surface area contributed by atoms with Crippen LogP contribution >= 0.6 is 34.9 Å². The van der Waals surface area contributed by atoms with Gasteiger partial charge in [-0.2, -0.15) is 0 Å². The van der Waals surface area contributed by atoms with Crippen LogP contribution in [0.1, 0.15) is 12.8 Å². The summed E-state index contributed by atoms with van der Waals surface area (Å²) in [7, 11) is 0. The molecule has 3 heterocycles. The normalized spacial score (nSPS) is 17.4. The Morgan fingerprint density at radius 3 is 2.94 bits per heavy atom. The van der Waals surface area contributed by atoms with Crippen LogP contribution in [0.5, 0.6) is 0 Å². The average molecular weight is 299 g/mol. The number of thioether (sulfide) groups is 2. The molecule has 1 saturated heterocycles. The Balaban J connectivity index is 1.88. The molecule has 1 aliphatic rings. The summed E-state index contributed by atoms with van der Waals surface area (Å²) in [5.41, 5.74) is 0.828. The fourth-order valence-electron chi connectivity index (χ4n) is 1.84. The number of hydrogen-bond donors (Lipinski definition) is 0. The SMILES string of the molecule is CSc1nc2ncnc(SC3CCOCC3)c2s1. The largest absolute Gasteiger partial charge is 0.381 e. The Kier molecular flexibility index (Phi) is 4.03. The maximum Gasteiger partial charge on any atom is 0.175 e. The molecule has 0 spiro atoms. The van der Waals surface area contributed by atoms with Crippen LogP contribution in [0.4, 0.5) is 0 Å². The van der Waals surface area contributed by atoms with E-state index in [4.69, 9.17) is 4.74 Å². The number of thiazole rings is 1. The zero-order chi connectivity index (χ0) is 12.4. The Morgan fingerprint density at radius 1 is 1.33 bits per heavy atom. The van der Waals surface area contributed by atoms with Gasteiger partial charge in [0.05, 0.1) is 0 Å². The lowest BCUT2D eigenvalue weighted by atomic mass is 10.2. The van der Waals surface area contributed by atoms with Gasteiger partial charge in [-0.1, -0.05) is 11.8 Å². The Bertz CT molecular complexity index is 539. The second-order valence-electron chi connectivity index (χ2n) is 3.95. The molecule has 1 aliphatic heterocycles. The molecule has 0 bridgehead atoms. The van der Waals surface area contributed by atoms with Crippen molar-refractivity contribution in [2.45, 2.75) is 27.5 Å². The Hall–Kier alpha value is -0.370. The van der Waals surface area contributed by atoms with E-state index >= 15 is 0 Å². The van der Waals surface area contributed by atoms with Crippen LogP contribution in [-0.4, -0.2) is 39.7 Å². The van der Waals surface area contributed by atoms with Gasteiger partial charge in [-0.15, -0.1) is 23.1 Å². The first-order valence-corrected chi connectivity index (χ1v) is 8.69. The zero-order valence-electron chi connectivity index (χ0n) is 9.96. The number of hydrogen-bond acceptors (Lipinski definition) is 7. The molecule has 3 rings (SSSR count). The fraction of sp³-hybridized carbons (Fsp3) is 0.545. The maximum atomic E-state index is 5.39. The standard InChI is InChI=1S/C11H13N3OS3/c1-16-11-14-9-8(18-11)10(13-6-12-9)17-7-2-4-15-5-3-7/h6-7H,2-5H2,1H3. The van der Waals surface area contributed by atoms with Crippen molar-refractivity contribution < 1.29 is 4.74 Å². The summed E-state index contributed by atoms with van der Waals surface area (Å²) in [4.78, 5) is 13.1. The van der Waals surface area contributed by atoms with E-state index in [9.17, 15) is 0 Å². The van der Waals surface area contributed by atoms with Crippen LogP contribution in [0.25, 0.3) is 10.3 Å². The first-order valence-electron chi connectivity index (χ1n) is 5.77. The number of ether oxygens (including phenoxy) is 1. The quantitative estimate of drug-likeness (QED) is 0.641. The predicted molar refractivity (Wildman–Crippen MR) is 76.7 cm³/mol. The van der Waals surface area contributed by atoms with Gasteiger partial charge in [0.15, 0.2) is 9.99 Å². The van der Waals surface area contributed by atoms with Crippen molar-refractivity contribution in [3.05, 3.63) is 6.33 Å². The van der Waals surface area contributed by atoms with Crippen molar-refractivity contribution in [3.8, 4) is 0 Å². The van der Waals surface area contributed by atoms with Gasteiger partial charge in [0.25, 0.3) is 0 Å². The molecule has 0 unspecified atom stereocenters. The first kappa shape index (κ1) is 12.7. The van der Waals surface area contributed by atoms with Gasteiger partial charge in [0.1, 0.15) is 16.1 Å². The first-order chi connectivity index (χ1) is 8.86. The molecule has 1 fully saturated rings. The molecular formula is C11H13N3OS3. The van der Waals surface area contributed by atoms with Gasteiger partial charge in [0.2, 0.25) is 0 Å². The van der Waals surface area contributed by atoms with Crippen LogP contribution in [0.3, 0.4) is 0 Å². The lowest BCUT2D eigenvalue weighted by molar-refractivity contribution is 0.1000. The third-order valence-corrected chi connectivity index (χ3v) is 6.26. The van der Waals surface area contributed by atoms with Crippen molar-refractivity contribution in [3.63, 3.8) is 0 Å². The monoisotopic (exact) mass is 299 g/mol. The lowest BCUT2D eigenvalue weighted by Crippen LogP contribution is -2.17. The van der Waals surface area contributed by atoms with E-state index in [1.165, 1.54) is 0 Å². The van der Waals surface area contributed by atoms with Gasteiger partial charge >= 0.3 is 0 Å². The molecule has 0 N–H and O–H groups in total. The van der Waals surface area contributed by atoms with Crippen molar-refractivity contribution in [1.82, 2.24) is 15.0 Å². The highest BCUT2D eigenvalue weighted by molar-refractivity contribution is 8.01. The summed E-state index contributed by atoms with van der Waals surface area (Å²) in [5.74, 6) is 0. The van der Waals surface area contributed by atoms with Gasteiger partial charge in [-0.05, 0) is 19.1 Å². The van der Waals surface area contributed by atoms with Crippen molar-refractivity contribution in [2.24, 2.45) is 0 Å². The minimum atomic E-state index is 0.608. The average Bonchev–Trinajstić information content (AvgIpc) is 2.84. The van der Waals surface area contributed by atoms with Crippen LogP contribution in [0, 0.1) is 0 Å². The lowest BCUT2D eigenvalue weighted by Gasteiger charge is -2.20. The minimum Gasteiger partial charge on any atom is -0.381 e. The van der Waals surface area contributed by atoms with Gasteiger partial charge < -0.3 is 4.74 Å². The second kappa shape index (κ2) is 5.73. The van der Waals surface area contributed by atoms with Crippen LogP contribution in [0.15, 0.2) is 15.7 Å². The summed E-state index contributed by atoms with van der Waals surface area (Å²) >= 11 is 5.19. The molecule has 2 aromatic heterocycles. The van der Waals surface area contributed by atoms with Crippen LogP contribution in [-0.2, 0) is 4.74 Å². The van der Waals surface area contributed by atoms with Gasteiger partial charge in [0, 0.05) is 18.5 Å². The fourth-order valence-corrected chi connectivity index (χ4v) is 4.55. The van der Waals surface area contributed by atoms with E-state index in [1.54, 1.807) is 29.4 Å². The van der Waals surface area contributed by atoms with E-state index in [-0.39, 0.29) is 0 Å². The summed E-state index contributed by atoms with van der Waals surface area (Å²) in [6, 6.07) is 0. The molecule has 0 aromatic carbocycles. The number of aromatic nitrogens is 3. The third-order valence-electron chi connectivity index (χ3n) is 2.76. The molecule has 2 aromatic rings. The molecule has 4 nitrogen and oxygen atoms in total. The molecule has 7 heteroatoms. The topological polar surface area (TPSA) is 47.9 Å². The van der Waals surface area contributed by atoms with E-state index < -0.39 is 0 Å². The smallest absolute Gasteiger partial charge is 0.175 e. The molecule has 96 valence electrons. The highest BCUT2D eigenvalue weighted by Gasteiger charge is 2.18. The Morgan fingerprint density at radius 2 is 2.17 bits per heavy atom. The minimum absolute atomic E-state index is 0.608. The molecule has 0 amide bonds. The van der Waals surface area contributed by atoms with E-state index in [2.05, 4.69) is 15.0 Å². The van der Waals surface area contributed by atoms with Crippen LogP contribution < -0.4 is 0 Å². The van der Waals surface area contributed by atoms with E-state index in [1.807, 2.05) is 18.0 Å². The van der Waals surface area contributed by atoms with Crippen molar-refractivity contribution >= 4 is 45.2 Å². The third kappa shape index (κ3) is 2.64. The number of nitrogens with zero attached hydrogens (tertiary/aromatic N) is 3. The second-order valence-corrected chi connectivity index (χ2v) is 7.29. The summed E-state index contributed by atoms with van der Waals surface area (Å²) in [6.07, 6.45) is 5.86. The summed E-state index contributed by atoms with van der Waals surface area (Å²) in [6.45, 7) is 1.73. The zero-order valence-corrected chi connectivity index (χ0v) is 12.4. The van der Waals surface area contributed by atoms with Crippen molar-refractivity contribution in [2.75, 3.05) is 19.5 Å². The summed E-state index contributed by atoms with van der Waals surface area (Å²) in [5, 5.41) is 1.68. The van der Waals surface area contributed by atoms with Gasteiger partial charge in [-0.3, -0.25) is 0 Å². The number of fused-ring (bicyclic) bond motifs is 1. The van der Waals surface area contributed by atoms with Gasteiger partial charge in [-0.25, -0.2) is 15.0 Å². The highest BCUT2D eigenvalue weighted by Crippen LogP contribution is 2.36. The molecular weight excluding hydrogens is 286 g/mol. The highest BCUT2D eigenvalue weighted by atomic mass is 32.2. The van der Waals surface area contributed by atoms with Crippen molar-refractivity contribution in [1.29, 1.82) is 0 Å². The van der Waals surface area contributed by atoms with Crippen LogP contribution in [0.2, 0.25) is 0 Å². The molecule has 18 heavy (non-hydrogen) atoms. The Labute approximate surface area is 118 Å². The molecule has 0 saturated carbocycles. The predicted octanol–water partition coefficient (Wildman–Crippen LogP) is 3.08. The molecule has 0 aliphatic carbocycles. The molecule has 0 radical (unpaired) electrons. The maximum absolute atomic E-state index is 5.39. The van der Waals surface area contributed by atoms with E-state index in [0.29, 0.717) is 5.25 Å². The molecule has 0 atom stereocenters. The number of rotatable bonds is 3.